The van der Waals surface area contributed by atoms with Gasteiger partial charge in [0.05, 0.1) is 5.69 Å². The standard InChI is InChI=1S/C14H18BrNO2/c15-11-7-9-12(10-8-11)16-18-14-6-4-2-1-3-5-13(14)17/h7-10,14,16H,1-6H2. The zero-order valence-corrected chi connectivity index (χ0v) is 11.9. The second-order valence-electron chi connectivity index (χ2n) is 4.63. The van der Waals surface area contributed by atoms with Crippen molar-refractivity contribution in [1.29, 1.82) is 0 Å². The van der Waals surface area contributed by atoms with Crippen LogP contribution in [-0.4, -0.2) is 11.9 Å². The number of hydrogen-bond donors (Lipinski definition) is 1. The van der Waals surface area contributed by atoms with Crippen LogP contribution in [0.25, 0.3) is 0 Å². The summed E-state index contributed by atoms with van der Waals surface area (Å²) >= 11 is 3.38. The topological polar surface area (TPSA) is 38.3 Å². The van der Waals surface area contributed by atoms with Gasteiger partial charge in [0.15, 0.2) is 5.78 Å². The van der Waals surface area contributed by atoms with E-state index in [1.54, 1.807) is 0 Å². The molecule has 1 saturated carbocycles. The highest BCUT2D eigenvalue weighted by molar-refractivity contribution is 9.10. The van der Waals surface area contributed by atoms with Gasteiger partial charge in [-0.15, -0.1) is 0 Å². The summed E-state index contributed by atoms with van der Waals surface area (Å²) in [5, 5.41) is 0. The lowest BCUT2D eigenvalue weighted by molar-refractivity contribution is -0.129. The number of carbonyl (C=O) groups is 1. The highest BCUT2D eigenvalue weighted by Crippen LogP contribution is 2.19. The Labute approximate surface area is 116 Å². The number of Topliss-reactive ketones (excluding diaryl/α,β-unsaturated/α-hetero) is 1. The van der Waals surface area contributed by atoms with Crippen molar-refractivity contribution in [3.8, 4) is 0 Å². The molecule has 2 rings (SSSR count). The predicted octanol–water partition coefficient (Wildman–Crippen LogP) is 4.08. The summed E-state index contributed by atoms with van der Waals surface area (Å²) in [6, 6.07) is 7.70. The Morgan fingerprint density at radius 2 is 1.83 bits per heavy atom. The molecule has 1 unspecified atom stereocenters. The molecule has 98 valence electrons. The minimum atomic E-state index is -0.297. The first kappa shape index (κ1) is 13.6. The highest BCUT2D eigenvalue weighted by atomic mass is 79.9. The second kappa shape index (κ2) is 6.90. The molecule has 0 aromatic heterocycles. The smallest absolute Gasteiger partial charge is 0.164 e. The zero-order valence-electron chi connectivity index (χ0n) is 10.3. The fourth-order valence-corrected chi connectivity index (χ4v) is 2.35. The number of anilines is 1. The molecule has 18 heavy (non-hydrogen) atoms. The van der Waals surface area contributed by atoms with Gasteiger partial charge in [-0.1, -0.05) is 35.2 Å². The lowest BCUT2D eigenvalue weighted by Gasteiger charge is -2.19. The molecule has 0 heterocycles. The fourth-order valence-electron chi connectivity index (χ4n) is 2.09. The van der Waals surface area contributed by atoms with Crippen molar-refractivity contribution in [3.05, 3.63) is 28.7 Å². The molecular formula is C14H18BrNO2. The van der Waals surface area contributed by atoms with Gasteiger partial charge in [-0.3, -0.25) is 15.1 Å². The Bertz CT molecular complexity index is 391. The third-order valence-electron chi connectivity index (χ3n) is 3.16. The van der Waals surface area contributed by atoms with E-state index in [4.69, 9.17) is 4.84 Å². The minimum Gasteiger partial charge on any atom is -0.297 e. The molecule has 0 radical (unpaired) electrons. The van der Waals surface area contributed by atoms with Crippen molar-refractivity contribution >= 4 is 27.4 Å². The largest absolute Gasteiger partial charge is 0.297 e. The first-order valence-electron chi connectivity index (χ1n) is 6.45. The van der Waals surface area contributed by atoms with Crippen LogP contribution in [0.15, 0.2) is 28.7 Å². The van der Waals surface area contributed by atoms with Gasteiger partial charge in [-0.2, -0.15) is 0 Å². The summed E-state index contributed by atoms with van der Waals surface area (Å²) in [5.41, 5.74) is 3.75. The number of nitrogens with one attached hydrogen (secondary N) is 1. The van der Waals surface area contributed by atoms with Crippen LogP contribution in [0.4, 0.5) is 5.69 Å². The van der Waals surface area contributed by atoms with Crippen molar-refractivity contribution in [3.63, 3.8) is 0 Å². The molecule has 1 aromatic rings. The molecule has 3 nitrogen and oxygen atoms in total. The maximum atomic E-state index is 11.9. The predicted molar refractivity (Wildman–Crippen MR) is 75.3 cm³/mol. The van der Waals surface area contributed by atoms with Crippen LogP contribution >= 0.6 is 15.9 Å². The number of carbonyl (C=O) groups excluding carboxylic acids is 1. The first-order valence-corrected chi connectivity index (χ1v) is 7.25. The summed E-state index contributed by atoms with van der Waals surface area (Å²) in [7, 11) is 0. The van der Waals surface area contributed by atoms with E-state index in [1.165, 1.54) is 12.8 Å². The van der Waals surface area contributed by atoms with E-state index in [0.29, 0.717) is 6.42 Å². The number of ketones is 1. The maximum Gasteiger partial charge on any atom is 0.164 e. The van der Waals surface area contributed by atoms with E-state index >= 15 is 0 Å². The molecule has 1 aliphatic carbocycles. The van der Waals surface area contributed by atoms with Gasteiger partial charge in [0.2, 0.25) is 0 Å². The molecule has 0 aliphatic heterocycles. The van der Waals surface area contributed by atoms with Crippen LogP contribution in [0.2, 0.25) is 0 Å². The van der Waals surface area contributed by atoms with Crippen LogP contribution in [0, 0.1) is 0 Å². The fraction of sp³-hybridized carbons (Fsp3) is 0.500. The Hall–Kier alpha value is -0.870. The Morgan fingerprint density at radius 3 is 2.61 bits per heavy atom. The van der Waals surface area contributed by atoms with Gasteiger partial charge in [0, 0.05) is 10.9 Å². The van der Waals surface area contributed by atoms with Crippen LogP contribution in [0.5, 0.6) is 0 Å². The van der Waals surface area contributed by atoms with Gasteiger partial charge in [-0.05, 0) is 37.1 Å². The monoisotopic (exact) mass is 311 g/mol. The highest BCUT2D eigenvalue weighted by Gasteiger charge is 2.20. The minimum absolute atomic E-state index is 0.222. The molecule has 0 amide bonds. The van der Waals surface area contributed by atoms with Gasteiger partial charge in [0.1, 0.15) is 6.10 Å². The van der Waals surface area contributed by atoms with Gasteiger partial charge in [-0.25, -0.2) is 0 Å². The lowest BCUT2D eigenvalue weighted by Crippen LogP contribution is -2.27. The first-order chi connectivity index (χ1) is 8.75. The molecule has 0 bridgehead atoms. The molecular weight excluding hydrogens is 294 g/mol. The average Bonchev–Trinajstić information content (AvgIpc) is 2.36. The number of halogens is 1. The normalized spacial score (nSPS) is 21.2. The third-order valence-corrected chi connectivity index (χ3v) is 3.69. The van der Waals surface area contributed by atoms with E-state index in [9.17, 15) is 4.79 Å². The Kier molecular flexibility index (Phi) is 5.20. The average molecular weight is 312 g/mol. The quantitative estimate of drug-likeness (QED) is 0.855. The van der Waals surface area contributed by atoms with E-state index < -0.39 is 0 Å². The summed E-state index contributed by atoms with van der Waals surface area (Å²) in [6.07, 6.45) is 5.60. The summed E-state index contributed by atoms with van der Waals surface area (Å²) < 4.78 is 1.02. The number of rotatable bonds is 3. The molecule has 1 fully saturated rings. The Balaban J connectivity index is 1.87. The third kappa shape index (κ3) is 4.10. The molecule has 1 aliphatic rings. The van der Waals surface area contributed by atoms with E-state index in [-0.39, 0.29) is 11.9 Å². The second-order valence-corrected chi connectivity index (χ2v) is 5.55. The van der Waals surface area contributed by atoms with Crippen molar-refractivity contribution in [2.45, 2.75) is 44.6 Å². The van der Waals surface area contributed by atoms with Crippen LogP contribution < -0.4 is 5.48 Å². The van der Waals surface area contributed by atoms with E-state index in [0.717, 1.165) is 29.4 Å². The number of hydrogen-bond acceptors (Lipinski definition) is 3. The van der Waals surface area contributed by atoms with Crippen LogP contribution in [0.1, 0.15) is 38.5 Å². The summed E-state index contributed by atoms with van der Waals surface area (Å²) in [6.45, 7) is 0. The molecule has 1 aromatic carbocycles. The van der Waals surface area contributed by atoms with Crippen LogP contribution in [-0.2, 0) is 9.63 Å². The van der Waals surface area contributed by atoms with Gasteiger partial charge in [0.25, 0.3) is 0 Å². The Morgan fingerprint density at radius 1 is 1.11 bits per heavy atom. The van der Waals surface area contributed by atoms with Crippen molar-refractivity contribution in [2.24, 2.45) is 0 Å². The molecule has 4 heteroatoms. The number of benzene rings is 1. The summed E-state index contributed by atoms with van der Waals surface area (Å²) in [4.78, 5) is 17.4. The van der Waals surface area contributed by atoms with Gasteiger partial charge >= 0.3 is 0 Å². The van der Waals surface area contributed by atoms with Gasteiger partial charge < -0.3 is 0 Å². The van der Waals surface area contributed by atoms with E-state index in [1.807, 2.05) is 24.3 Å². The van der Waals surface area contributed by atoms with Crippen molar-refractivity contribution in [2.75, 3.05) is 5.48 Å². The zero-order chi connectivity index (χ0) is 12.8. The van der Waals surface area contributed by atoms with Crippen LogP contribution in [0.3, 0.4) is 0 Å². The maximum absolute atomic E-state index is 11.9. The molecule has 1 N–H and O–H groups in total. The summed E-state index contributed by atoms with van der Waals surface area (Å²) in [5.74, 6) is 0.222. The van der Waals surface area contributed by atoms with Crippen molar-refractivity contribution in [1.82, 2.24) is 0 Å². The SMILES string of the molecule is O=C1CCCCCCC1ONc1ccc(Br)cc1. The molecule has 0 saturated heterocycles. The van der Waals surface area contributed by atoms with E-state index in [2.05, 4.69) is 21.4 Å². The molecule has 0 spiro atoms. The molecule has 1 atom stereocenters. The lowest BCUT2D eigenvalue weighted by atomic mass is 9.98. The van der Waals surface area contributed by atoms with Crippen molar-refractivity contribution < 1.29 is 9.63 Å².